The summed E-state index contributed by atoms with van der Waals surface area (Å²) in [5.41, 5.74) is 8.41. The van der Waals surface area contributed by atoms with Crippen LogP contribution in [0.25, 0.3) is 5.65 Å². The molecule has 0 atom stereocenters. The van der Waals surface area contributed by atoms with Gasteiger partial charge in [-0.15, -0.1) is 0 Å². The number of hydrogen-bond donors (Lipinski definition) is 0. The Bertz CT molecular complexity index is 828. The van der Waals surface area contributed by atoms with Crippen molar-refractivity contribution in [1.82, 2.24) is 14.6 Å². The molecule has 0 aliphatic carbocycles. The Morgan fingerprint density at radius 2 is 1.71 bits per heavy atom. The fourth-order valence-corrected chi connectivity index (χ4v) is 3.28. The first kappa shape index (κ1) is 16.7. The van der Waals surface area contributed by atoms with Crippen molar-refractivity contribution in [2.45, 2.75) is 59.8 Å². The zero-order chi connectivity index (χ0) is 17.1. The van der Waals surface area contributed by atoms with Crippen molar-refractivity contribution in [2.24, 2.45) is 0 Å². The third-order valence-corrected chi connectivity index (χ3v) is 4.63. The van der Waals surface area contributed by atoms with Crippen LogP contribution in [0.5, 0.6) is 0 Å². The van der Waals surface area contributed by atoms with Gasteiger partial charge in [0.15, 0.2) is 5.65 Å². The maximum absolute atomic E-state index is 4.78. The summed E-state index contributed by atoms with van der Waals surface area (Å²) in [7, 11) is 0. The van der Waals surface area contributed by atoms with Gasteiger partial charge in [-0.3, -0.25) is 0 Å². The third kappa shape index (κ3) is 3.35. The fourth-order valence-electron chi connectivity index (χ4n) is 3.28. The van der Waals surface area contributed by atoms with E-state index >= 15 is 0 Å². The zero-order valence-corrected chi connectivity index (χ0v) is 15.3. The van der Waals surface area contributed by atoms with E-state index in [4.69, 9.17) is 10.1 Å². The van der Waals surface area contributed by atoms with Crippen molar-refractivity contribution in [3.8, 4) is 0 Å². The number of rotatable bonds is 6. The molecule has 1 aromatic carbocycles. The van der Waals surface area contributed by atoms with E-state index in [1.54, 1.807) is 0 Å². The van der Waals surface area contributed by atoms with Gasteiger partial charge < -0.3 is 0 Å². The smallest absolute Gasteiger partial charge is 0.159 e. The number of aromatic nitrogens is 3. The summed E-state index contributed by atoms with van der Waals surface area (Å²) in [4.78, 5) is 4.76. The SMILES string of the molecule is CCCCc1ccc(Cc2c(CC)nn3c(C)cc(C)nc23)cc1. The minimum Gasteiger partial charge on any atom is -0.234 e. The molecule has 0 aliphatic heterocycles. The van der Waals surface area contributed by atoms with E-state index in [9.17, 15) is 0 Å². The van der Waals surface area contributed by atoms with Gasteiger partial charge in [0, 0.05) is 23.4 Å². The van der Waals surface area contributed by atoms with Gasteiger partial charge in [-0.1, -0.05) is 44.5 Å². The molecule has 0 bridgehead atoms. The van der Waals surface area contributed by atoms with E-state index in [0.29, 0.717) is 0 Å². The number of hydrogen-bond acceptors (Lipinski definition) is 2. The molecule has 0 spiro atoms. The number of aryl methyl sites for hydroxylation is 4. The molecule has 0 saturated carbocycles. The first-order valence-corrected chi connectivity index (χ1v) is 9.05. The first-order valence-electron chi connectivity index (χ1n) is 9.05. The molecule has 126 valence electrons. The van der Waals surface area contributed by atoms with E-state index in [1.165, 1.54) is 36.0 Å². The average molecular weight is 321 g/mol. The molecule has 2 heterocycles. The molecule has 2 aromatic heterocycles. The maximum atomic E-state index is 4.78. The van der Waals surface area contributed by atoms with Crippen LogP contribution in [-0.2, 0) is 19.3 Å². The molecule has 3 nitrogen and oxygen atoms in total. The second-order valence-corrected chi connectivity index (χ2v) is 6.65. The van der Waals surface area contributed by atoms with Crippen LogP contribution in [0, 0.1) is 13.8 Å². The van der Waals surface area contributed by atoms with Crippen LogP contribution in [0.2, 0.25) is 0 Å². The molecular weight excluding hydrogens is 294 g/mol. The lowest BCUT2D eigenvalue weighted by molar-refractivity contribution is 0.795. The summed E-state index contributed by atoms with van der Waals surface area (Å²) in [6.45, 7) is 8.56. The van der Waals surface area contributed by atoms with Crippen LogP contribution < -0.4 is 0 Å². The largest absolute Gasteiger partial charge is 0.234 e. The lowest BCUT2D eigenvalue weighted by Gasteiger charge is -2.05. The minimum absolute atomic E-state index is 0.899. The molecule has 0 amide bonds. The zero-order valence-electron chi connectivity index (χ0n) is 15.3. The van der Waals surface area contributed by atoms with Crippen molar-refractivity contribution < 1.29 is 0 Å². The Morgan fingerprint density at radius 3 is 2.38 bits per heavy atom. The summed E-state index contributed by atoms with van der Waals surface area (Å²) in [5, 5.41) is 4.78. The molecule has 0 radical (unpaired) electrons. The molecule has 0 fully saturated rings. The maximum Gasteiger partial charge on any atom is 0.159 e. The molecule has 0 aliphatic rings. The molecule has 0 unspecified atom stereocenters. The van der Waals surface area contributed by atoms with Crippen molar-refractivity contribution in [3.63, 3.8) is 0 Å². The average Bonchev–Trinajstić information content (AvgIpc) is 2.92. The predicted molar refractivity (Wildman–Crippen MR) is 99.7 cm³/mol. The standard InChI is InChI=1S/C21H27N3/c1-5-7-8-17-9-11-18(12-10-17)14-19-20(6-2)23-24-16(4)13-15(3)22-21(19)24/h9-13H,5-8,14H2,1-4H3. The van der Waals surface area contributed by atoms with Crippen molar-refractivity contribution in [2.75, 3.05) is 0 Å². The van der Waals surface area contributed by atoms with E-state index < -0.39 is 0 Å². The highest BCUT2D eigenvalue weighted by molar-refractivity contribution is 5.53. The van der Waals surface area contributed by atoms with Gasteiger partial charge in [-0.2, -0.15) is 5.10 Å². The molecule has 0 saturated heterocycles. The lowest BCUT2D eigenvalue weighted by atomic mass is 10.0. The molecule has 24 heavy (non-hydrogen) atoms. The summed E-state index contributed by atoms with van der Waals surface area (Å²) >= 11 is 0. The number of benzene rings is 1. The normalized spacial score (nSPS) is 11.3. The quantitative estimate of drug-likeness (QED) is 0.650. The van der Waals surface area contributed by atoms with Crippen LogP contribution >= 0.6 is 0 Å². The van der Waals surface area contributed by atoms with Gasteiger partial charge in [0.1, 0.15) is 0 Å². The second kappa shape index (κ2) is 7.16. The second-order valence-electron chi connectivity index (χ2n) is 6.65. The van der Waals surface area contributed by atoms with Crippen molar-refractivity contribution >= 4 is 5.65 Å². The lowest BCUT2D eigenvalue weighted by Crippen LogP contribution is -1.98. The van der Waals surface area contributed by atoms with Crippen LogP contribution in [-0.4, -0.2) is 14.6 Å². The van der Waals surface area contributed by atoms with Gasteiger partial charge >= 0.3 is 0 Å². The highest BCUT2D eigenvalue weighted by Crippen LogP contribution is 2.21. The number of nitrogens with zero attached hydrogens (tertiary/aromatic N) is 3. The van der Waals surface area contributed by atoms with Gasteiger partial charge in [0.05, 0.1) is 5.69 Å². The summed E-state index contributed by atoms with van der Waals surface area (Å²) < 4.78 is 2.00. The minimum atomic E-state index is 0.899. The fraction of sp³-hybridized carbons (Fsp3) is 0.429. The Hall–Kier alpha value is -2.16. The van der Waals surface area contributed by atoms with Crippen molar-refractivity contribution in [3.05, 3.63) is 64.1 Å². The molecule has 0 N–H and O–H groups in total. The Morgan fingerprint density at radius 1 is 1.00 bits per heavy atom. The van der Waals surface area contributed by atoms with Crippen molar-refractivity contribution in [1.29, 1.82) is 0 Å². The molecule has 3 aromatic rings. The van der Waals surface area contributed by atoms with Gasteiger partial charge in [-0.05, 0) is 50.3 Å². The van der Waals surface area contributed by atoms with E-state index in [-0.39, 0.29) is 0 Å². The molecule has 3 rings (SSSR count). The van der Waals surface area contributed by atoms with Gasteiger partial charge in [0.2, 0.25) is 0 Å². The van der Waals surface area contributed by atoms with Crippen LogP contribution in [0.1, 0.15) is 60.5 Å². The molecular formula is C21H27N3. The van der Waals surface area contributed by atoms with E-state index in [0.717, 1.165) is 35.6 Å². The van der Waals surface area contributed by atoms with Crippen LogP contribution in [0.4, 0.5) is 0 Å². The Kier molecular flexibility index (Phi) is 4.98. The van der Waals surface area contributed by atoms with Crippen LogP contribution in [0.15, 0.2) is 30.3 Å². The summed E-state index contributed by atoms with van der Waals surface area (Å²) in [6, 6.07) is 11.2. The Labute approximate surface area is 144 Å². The topological polar surface area (TPSA) is 30.2 Å². The summed E-state index contributed by atoms with van der Waals surface area (Å²) in [5.74, 6) is 0. The van der Waals surface area contributed by atoms with Crippen LogP contribution in [0.3, 0.4) is 0 Å². The highest BCUT2D eigenvalue weighted by Gasteiger charge is 2.15. The van der Waals surface area contributed by atoms with E-state index in [1.807, 2.05) is 4.52 Å². The summed E-state index contributed by atoms with van der Waals surface area (Å²) in [6.07, 6.45) is 5.51. The number of unbranched alkanes of at least 4 members (excludes halogenated alkanes) is 1. The number of fused-ring (bicyclic) bond motifs is 1. The highest BCUT2D eigenvalue weighted by atomic mass is 15.3. The first-order chi connectivity index (χ1) is 11.6. The Balaban J connectivity index is 1.94. The molecule has 3 heteroatoms. The van der Waals surface area contributed by atoms with E-state index in [2.05, 4.69) is 58.0 Å². The predicted octanol–water partition coefficient (Wildman–Crippen LogP) is 4.84. The monoisotopic (exact) mass is 321 g/mol. The van der Waals surface area contributed by atoms with Gasteiger partial charge in [-0.25, -0.2) is 9.50 Å². The third-order valence-electron chi connectivity index (χ3n) is 4.63. The van der Waals surface area contributed by atoms with Gasteiger partial charge in [0.25, 0.3) is 0 Å².